The van der Waals surface area contributed by atoms with Gasteiger partial charge in [-0.1, -0.05) is 24.3 Å². The molecule has 0 spiro atoms. The maximum Gasteiger partial charge on any atom is 0.0715 e. The molecule has 0 saturated carbocycles. The number of hydrogen-bond acceptors (Lipinski definition) is 3. The van der Waals surface area contributed by atoms with Crippen LogP contribution in [0.25, 0.3) is 0 Å². The average Bonchev–Trinajstić information content (AvgIpc) is 3.15. The van der Waals surface area contributed by atoms with E-state index >= 15 is 0 Å². The van der Waals surface area contributed by atoms with Crippen molar-refractivity contribution < 1.29 is 9.90 Å². The van der Waals surface area contributed by atoms with Gasteiger partial charge in [0.25, 0.3) is 0 Å². The Morgan fingerprint density at radius 2 is 1.55 bits per heavy atom. The summed E-state index contributed by atoms with van der Waals surface area (Å²) in [5.74, 6) is 0.905. The van der Waals surface area contributed by atoms with Crippen LogP contribution in [0.5, 0.6) is 0 Å². The minimum absolute atomic E-state index is 0.343. The Labute approximate surface area is 129 Å². The molecule has 2 heterocycles. The van der Waals surface area contributed by atoms with Crippen molar-refractivity contribution in [3.8, 4) is 0 Å². The molecule has 1 aromatic carbocycles. The monoisotopic (exact) mass is 292 g/mol. The molecule has 0 N–H and O–H groups in total. The van der Waals surface area contributed by atoms with E-state index in [2.05, 4.69) is 29.2 Å². The summed E-state index contributed by atoms with van der Waals surface area (Å²) in [5, 5.41) is 11.5. The maximum atomic E-state index is 11.5. The van der Waals surface area contributed by atoms with Crippen molar-refractivity contribution in [2.75, 3.05) is 18.0 Å². The van der Waals surface area contributed by atoms with Gasteiger partial charge in [0, 0.05) is 30.6 Å². The summed E-state index contributed by atoms with van der Waals surface area (Å²) in [6.07, 6.45) is 11.3. The molecule has 5 rings (SSSR count). The van der Waals surface area contributed by atoms with Crippen molar-refractivity contribution in [3.63, 3.8) is 0 Å². The molecule has 4 atom stereocenters. The zero-order valence-corrected chi connectivity index (χ0v) is 12.4. The molecule has 0 amide bonds. The van der Waals surface area contributed by atoms with E-state index in [1.54, 1.807) is 0 Å². The predicted molar refractivity (Wildman–Crippen MR) is 83.0 cm³/mol. The second-order valence-electron chi connectivity index (χ2n) is 7.10. The van der Waals surface area contributed by atoms with Gasteiger partial charge < -0.3 is 14.8 Å². The van der Waals surface area contributed by atoms with Crippen LogP contribution in [0.15, 0.2) is 36.4 Å². The Hall–Kier alpha value is -2.03. The standard InChI is InChI=1S/C19H19NO2/c21-19(22)13-7-16-14-5-1-3-11(14)9-20-10-12-4-2-6-15(12)17(8-13)18(16)20/h1-2,5-8,11-12,14-15H,3-4,9-10H2,(H,21,22)/p-1/t11-,12+,14-,15-/m0/s1. The molecule has 2 aliphatic heterocycles. The van der Waals surface area contributed by atoms with E-state index in [0.717, 1.165) is 25.9 Å². The largest absolute Gasteiger partial charge is 0.545 e. The van der Waals surface area contributed by atoms with Gasteiger partial charge in [-0.3, -0.25) is 0 Å². The minimum Gasteiger partial charge on any atom is -0.545 e. The highest BCUT2D eigenvalue weighted by molar-refractivity contribution is 5.88. The van der Waals surface area contributed by atoms with Gasteiger partial charge in [0.15, 0.2) is 0 Å². The fourth-order valence-electron chi connectivity index (χ4n) is 4.99. The van der Waals surface area contributed by atoms with Crippen molar-refractivity contribution in [1.82, 2.24) is 0 Å². The Kier molecular flexibility index (Phi) is 2.42. The van der Waals surface area contributed by atoms with E-state index in [0.29, 0.717) is 29.2 Å². The molecular formula is C19H18NO2-. The lowest BCUT2D eigenvalue weighted by atomic mass is 9.74. The number of anilines is 1. The lowest BCUT2D eigenvalue weighted by molar-refractivity contribution is -0.255. The van der Waals surface area contributed by atoms with Crippen LogP contribution in [-0.4, -0.2) is 19.1 Å². The van der Waals surface area contributed by atoms with Gasteiger partial charge in [-0.2, -0.15) is 0 Å². The molecular weight excluding hydrogens is 274 g/mol. The van der Waals surface area contributed by atoms with Crippen LogP contribution in [0.2, 0.25) is 0 Å². The number of carboxylic acid groups (broad SMARTS) is 1. The maximum absolute atomic E-state index is 11.5. The first-order chi connectivity index (χ1) is 10.7. The van der Waals surface area contributed by atoms with Gasteiger partial charge in [0.1, 0.15) is 0 Å². The van der Waals surface area contributed by atoms with Crippen molar-refractivity contribution >= 4 is 11.7 Å². The number of carboxylic acids is 1. The van der Waals surface area contributed by atoms with Crippen LogP contribution in [0.4, 0.5) is 5.69 Å². The topological polar surface area (TPSA) is 43.4 Å². The zero-order chi connectivity index (χ0) is 14.8. The van der Waals surface area contributed by atoms with Gasteiger partial charge in [0.05, 0.1) is 5.97 Å². The SMILES string of the molecule is O=C([O-])c1cc2c3c(c1)[C@H]1C=CC[C@H]1CN3C[C@H]1CC=C[C@H]21. The summed E-state index contributed by atoms with van der Waals surface area (Å²) in [7, 11) is 0. The number of aromatic carboxylic acids is 1. The number of rotatable bonds is 1. The highest BCUT2D eigenvalue weighted by atomic mass is 16.4. The highest BCUT2D eigenvalue weighted by Gasteiger charge is 2.42. The van der Waals surface area contributed by atoms with E-state index in [-0.39, 0.29) is 0 Å². The third kappa shape index (κ3) is 1.54. The Morgan fingerprint density at radius 1 is 1.00 bits per heavy atom. The predicted octanol–water partition coefficient (Wildman–Crippen LogP) is 2.20. The lowest BCUT2D eigenvalue weighted by Crippen LogP contribution is -2.44. The van der Waals surface area contributed by atoms with Gasteiger partial charge >= 0.3 is 0 Å². The first kappa shape index (κ1) is 12.5. The number of benzene rings is 1. The number of carbonyl (C=O) groups excluding carboxylic acids is 1. The molecule has 2 aliphatic carbocycles. The van der Waals surface area contributed by atoms with Gasteiger partial charge in [0.2, 0.25) is 0 Å². The third-order valence-electron chi connectivity index (χ3n) is 5.93. The molecule has 0 unspecified atom stereocenters. The van der Waals surface area contributed by atoms with E-state index in [4.69, 9.17) is 0 Å². The first-order valence-corrected chi connectivity index (χ1v) is 8.20. The van der Waals surface area contributed by atoms with E-state index in [1.165, 1.54) is 16.8 Å². The lowest BCUT2D eigenvalue weighted by Gasteiger charge is -2.46. The van der Waals surface area contributed by atoms with Crippen LogP contribution in [0.3, 0.4) is 0 Å². The summed E-state index contributed by atoms with van der Waals surface area (Å²) in [5.41, 5.74) is 4.07. The quantitative estimate of drug-likeness (QED) is 0.745. The number of nitrogens with zero attached hydrogens (tertiary/aromatic N) is 1. The first-order valence-electron chi connectivity index (χ1n) is 8.20. The summed E-state index contributed by atoms with van der Waals surface area (Å²) in [6.45, 7) is 2.21. The molecule has 0 fully saturated rings. The summed E-state index contributed by atoms with van der Waals surface area (Å²) < 4.78 is 0. The summed E-state index contributed by atoms with van der Waals surface area (Å²) in [4.78, 5) is 14.0. The highest BCUT2D eigenvalue weighted by Crippen LogP contribution is 2.53. The average molecular weight is 292 g/mol. The van der Waals surface area contributed by atoms with Gasteiger partial charge in [-0.25, -0.2) is 0 Å². The fraction of sp³-hybridized carbons (Fsp3) is 0.421. The van der Waals surface area contributed by atoms with E-state index < -0.39 is 5.97 Å². The molecule has 0 radical (unpaired) electrons. The van der Waals surface area contributed by atoms with Gasteiger partial charge in [-0.15, -0.1) is 0 Å². The third-order valence-corrected chi connectivity index (χ3v) is 5.93. The van der Waals surface area contributed by atoms with E-state index in [9.17, 15) is 9.90 Å². The Morgan fingerprint density at radius 3 is 2.05 bits per heavy atom. The number of carbonyl (C=O) groups is 1. The summed E-state index contributed by atoms with van der Waals surface area (Å²) in [6, 6.07) is 3.74. The van der Waals surface area contributed by atoms with Crippen molar-refractivity contribution in [3.05, 3.63) is 53.1 Å². The summed E-state index contributed by atoms with van der Waals surface area (Å²) >= 11 is 0. The second kappa shape index (κ2) is 4.25. The van der Waals surface area contributed by atoms with Crippen LogP contribution < -0.4 is 10.0 Å². The number of hydrogen-bond donors (Lipinski definition) is 0. The molecule has 112 valence electrons. The minimum atomic E-state index is -1.06. The molecule has 22 heavy (non-hydrogen) atoms. The molecule has 3 nitrogen and oxygen atoms in total. The Bertz CT molecular complexity index is 682. The fourth-order valence-corrected chi connectivity index (χ4v) is 4.99. The Balaban J connectivity index is 1.77. The zero-order valence-electron chi connectivity index (χ0n) is 12.4. The molecule has 0 saturated heterocycles. The number of allylic oxidation sites excluding steroid dienone is 4. The molecule has 1 aromatic rings. The van der Waals surface area contributed by atoms with Crippen molar-refractivity contribution in [1.29, 1.82) is 0 Å². The molecule has 0 aromatic heterocycles. The molecule has 3 heteroatoms. The van der Waals surface area contributed by atoms with Crippen LogP contribution >= 0.6 is 0 Å². The second-order valence-corrected chi connectivity index (χ2v) is 7.10. The smallest absolute Gasteiger partial charge is 0.0715 e. The number of fused-ring (bicyclic) bond motifs is 4. The van der Waals surface area contributed by atoms with Crippen LogP contribution in [0.1, 0.15) is 46.2 Å². The normalized spacial score (nSPS) is 33.5. The van der Waals surface area contributed by atoms with Gasteiger partial charge in [-0.05, 0) is 53.5 Å². The van der Waals surface area contributed by atoms with Crippen LogP contribution in [-0.2, 0) is 0 Å². The molecule has 4 aliphatic rings. The van der Waals surface area contributed by atoms with Crippen molar-refractivity contribution in [2.45, 2.75) is 24.7 Å². The van der Waals surface area contributed by atoms with Crippen molar-refractivity contribution in [2.24, 2.45) is 11.8 Å². The molecule has 0 bridgehead atoms. The van der Waals surface area contributed by atoms with Crippen LogP contribution in [0, 0.1) is 11.8 Å². The van der Waals surface area contributed by atoms with E-state index in [1.807, 2.05) is 12.1 Å².